The second-order valence-corrected chi connectivity index (χ2v) is 7.28. The van der Waals surface area contributed by atoms with Crippen LogP contribution in [0.4, 0.5) is 11.6 Å². The topological polar surface area (TPSA) is 191 Å². The molecule has 3 rings (SSSR count). The molecular formula is C19H17N7O6Si2. The van der Waals surface area contributed by atoms with Crippen LogP contribution in [0.5, 0.6) is 0 Å². The van der Waals surface area contributed by atoms with E-state index < -0.39 is 29.4 Å². The molecule has 1 atom stereocenters. The Bertz CT molecular complexity index is 1270. The molecule has 0 unspecified atom stereocenters. The van der Waals surface area contributed by atoms with Crippen molar-refractivity contribution in [2.24, 2.45) is 0 Å². The van der Waals surface area contributed by atoms with Gasteiger partial charge in [0.1, 0.15) is 6.04 Å². The van der Waals surface area contributed by atoms with E-state index in [1.807, 2.05) is 0 Å². The number of hydrogen-bond acceptors (Lipinski definition) is 11. The summed E-state index contributed by atoms with van der Waals surface area (Å²) in [5.41, 5.74) is 6.65. The first kappa shape index (κ1) is 24.5. The smallest absolute Gasteiger partial charge is 0.345 e. The van der Waals surface area contributed by atoms with Crippen molar-refractivity contribution in [2.75, 3.05) is 11.1 Å². The minimum Gasteiger partial charge on any atom is -0.516 e. The standard InChI is InChI=1S/C19H17N7O6Si2/c20-19-25-15-14(17(29)26-19)23-11(8-22-15)7-21-10-3-1-9(2-4-10)16(28)24-12(18(30)32-34)5-6-13(27)31-33/h1-4,8,12,21H,5-7H2,(H,24,28)(H3,20,22,25,26,29)/t12-/m0/s1. The average molecular weight is 496 g/mol. The average Bonchev–Trinajstić information content (AvgIpc) is 2.84. The fourth-order valence-electron chi connectivity index (χ4n) is 2.86. The highest BCUT2D eigenvalue weighted by Gasteiger charge is 2.23. The van der Waals surface area contributed by atoms with Crippen molar-refractivity contribution in [1.82, 2.24) is 25.3 Å². The Hall–Kier alpha value is -4.12. The summed E-state index contributed by atoms with van der Waals surface area (Å²) in [6.07, 6.45) is 1.33. The van der Waals surface area contributed by atoms with Crippen LogP contribution in [0.15, 0.2) is 35.3 Å². The molecule has 13 nitrogen and oxygen atoms in total. The molecule has 15 heteroatoms. The fourth-order valence-corrected chi connectivity index (χ4v) is 3.11. The monoisotopic (exact) mass is 495 g/mol. The van der Waals surface area contributed by atoms with Gasteiger partial charge in [0.15, 0.2) is 11.2 Å². The van der Waals surface area contributed by atoms with Gasteiger partial charge in [-0.25, -0.2) is 9.97 Å². The van der Waals surface area contributed by atoms with Gasteiger partial charge < -0.3 is 25.2 Å². The summed E-state index contributed by atoms with van der Waals surface area (Å²) in [6, 6.07) is 5.33. The van der Waals surface area contributed by atoms with Gasteiger partial charge >= 0.3 is 26.9 Å². The number of amides is 1. The maximum absolute atomic E-state index is 12.5. The number of carbonyl (C=O) groups excluding carboxylic acids is 3. The van der Waals surface area contributed by atoms with Crippen LogP contribution in [0.1, 0.15) is 28.9 Å². The third-order valence-corrected chi connectivity index (χ3v) is 4.98. The van der Waals surface area contributed by atoms with Gasteiger partial charge in [0, 0.05) is 17.7 Å². The summed E-state index contributed by atoms with van der Waals surface area (Å²) in [5.74, 6) is -1.95. The molecule has 34 heavy (non-hydrogen) atoms. The number of carbonyl (C=O) groups is 3. The molecule has 1 amide bonds. The molecule has 0 aliphatic rings. The summed E-state index contributed by atoms with van der Waals surface area (Å²) >= 11 is 0. The maximum atomic E-state index is 12.5. The third-order valence-electron chi connectivity index (χ3n) is 4.55. The van der Waals surface area contributed by atoms with E-state index in [1.54, 1.807) is 24.3 Å². The summed E-state index contributed by atoms with van der Waals surface area (Å²) in [6.45, 7) is 0.251. The van der Waals surface area contributed by atoms with Crippen molar-refractivity contribution in [1.29, 1.82) is 0 Å². The first-order valence-electron chi connectivity index (χ1n) is 9.70. The number of hydrogen-bond donors (Lipinski definition) is 4. The molecule has 0 bridgehead atoms. The quantitative estimate of drug-likeness (QED) is 0.267. The molecular weight excluding hydrogens is 478 g/mol. The predicted octanol–water partition coefficient (Wildman–Crippen LogP) is -0.961. The molecule has 5 N–H and O–H groups in total. The van der Waals surface area contributed by atoms with E-state index in [0.717, 1.165) is 0 Å². The van der Waals surface area contributed by atoms with Crippen LogP contribution in [0, 0.1) is 0 Å². The van der Waals surface area contributed by atoms with E-state index >= 15 is 0 Å². The van der Waals surface area contributed by atoms with Crippen molar-refractivity contribution >= 4 is 61.6 Å². The Balaban J connectivity index is 1.62. The summed E-state index contributed by atoms with van der Waals surface area (Å²) < 4.78 is 8.84. The molecule has 0 spiro atoms. The number of nitrogens with zero attached hydrogens (tertiary/aromatic N) is 3. The normalized spacial score (nSPS) is 11.5. The zero-order chi connectivity index (χ0) is 24.7. The van der Waals surface area contributed by atoms with Gasteiger partial charge in [0.05, 0.1) is 18.4 Å². The van der Waals surface area contributed by atoms with E-state index in [4.69, 9.17) is 5.73 Å². The van der Waals surface area contributed by atoms with E-state index in [2.05, 4.69) is 60.4 Å². The van der Waals surface area contributed by atoms with E-state index in [1.165, 1.54) is 6.20 Å². The van der Waals surface area contributed by atoms with Gasteiger partial charge in [-0.05, 0) is 30.7 Å². The highest BCUT2D eigenvalue weighted by molar-refractivity contribution is 6.07. The van der Waals surface area contributed by atoms with Crippen LogP contribution in [-0.2, 0) is 25.0 Å². The SMILES string of the molecule is Nc1nc2ncc(CNc3ccc(C(=O)N[C@@H](CCC(=O)O[Si])C(=O)O[Si])cc3)nc2c(=O)[nH]1. The van der Waals surface area contributed by atoms with Gasteiger partial charge in [0.25, 0.3) is 17.4 Å². The number of benzene rings is 1. The number of nitrogens with one attached hydrogen (secondary N) is 3. The van der Waals surface area contributed by atoms with Gasteiger partial charge in [-0.2, -0.15) is 4.98 Å². The van der Waals surface area contributed by atoms with Crippen LogP contribution in [0.25, 0.3) is 11.2 Å². The first-order chi connectivity index (χ1) is 16.3. The van der Waals surface area contributed by atoms with Crippen LogP contribution in [-0.4, -0.2) is 64.8 Å². The van der Waals surface area contributed by atoms with E-state index in [0.29, 0.717) is 11.4 Å². The lowest BCUT2D eigenvalue weighted by atomic mass is 10.1. The van der Waals surface area contributed by atoms with Crippen LogP contribution < -0.4 is 21.9 Å². The minimum absolute atomic E-state index is 0.0181. The number of rotatable bonds is 9. The predicted molar refractivity (Wildman–Crippen MR) is 120 cm³/mol. The van der Waals surface area contributed by atoms with Crippen LogP contribution in [0.3, 0.4) is 0 Å². The van der Waals surface area contributed by atoms with Crippen molar-refractivity contribution in [2.45, 2.75) is 25.4 Å². The van der Waals surface area contributed by atoms with Gasteiger partial charge in [-0.15, -0.1) is 0 Å². The molecule has 0 fully saturated rings. The summed E-state index contributed by atoms with van der Waals surface area (Å²) in [4.78, 5) is 62.2. The van der Waals surface area contributed by atoms with Crippen LogP contribution in [0.2, 0.25) is 0 Å². The minimum atomic E-state index is -1.06. The zero-order valence-electron chi connectivity index (χ0n) is 17.5. The molecule has 0 saturated heterocycles. The third kappa shape index (κ3) is 6.23. The molecule has 0 saturated carbocycles. The second kappa shape index (κ2) is 11.1. The number of nitrogens with two attached hydrogens (primary N) is 1. The summed E-state index contributed by atoms with van der Waals surface area (Å²) in [7, 11) is 5.24. The first-order valence-corrected chi connectivity index (χ1v) is 10.5. The Kier molecular flexibility index (Phi) is 8.04. The molecule has 6 radical (unpaired) electrons. The van der Waals surface area contributed by atoms with Crippen molar-refractivity contribution in [3.63, 3.8) is 0 Å². The molecule has 0 aliphatic heterocycles. The lowest BCUT2D eigenvalue weighted by Crippen LogP contribution is -2.42. The number of aromatic nitrogens is 4. The number of nitrogen functional groups attached to an aromatic ring is 1. The van der Waals surface area contributed by atoms with Crippen molar-refractivity contribution < 1.29 is 23.2 Å². The highest BCUT2D eigenvalue weighted by Crippen LogP contribution is 2.12. The Morgan fingerprint density at radius 2 is 1.85 bits per heavy atom. The molecule has 172 valence electrons. The molecule has 0 aliphatic carbocycles. The second-order valence-electron chi connectivity index (χ2n) is 6.88. The molecule has 1 aromatic carbocycles. The lowest BCUT2D eigenvalue weighted by Gasteiger charge is -2.16. The molecule has 2 aromatic heterocycles. The Morgan fingerprint density at radius 3 is 2.53 bits per heavy atom. The van der Waals surface area contributed by atoms with E-state index in [-0.39, 0.29) is 42.1 Å². The highest BCUT2D eigenvalue weighted by atomic mass is 28.2. The van der Waals surface area contributed by atoms with Crippen molar-refractivity contribution in [3.05, 3.63) is 52.1 Å². The fraction of sp³-hybridized carbons (Fsp3) is 0.211. The van der Waals surface area contributed by atoms with Crippen molar-refractivity contribution in [3.8, 4) is 0 Å². The van der Waals surface area contributed by atoms with Crippen LogP contribution >= 0.6 is 0 Å². The molecule has 2 heterocycles. The lowest BCUT2D eigenvalue weighted by molar-refractivity contribution is -0.137. The summed E-state index contributed by atoms with van der Waals surface area (Å²) in [5, 5.41) is 5.61. The van der Waals surface area contributed by atoms with Gasteiger partial charge in [0.2, 0.25) is 5.95 Å². The van der Waals surface area contributed by atoms with Gasteiger partial charge in [-0.3, -0.25) is 24.2 Å². The number of H-pyrrole nitrogens is 1. The Labute approximate surface area is 199 Å². The number of fused-ring (bicyclic) bond motifs is 1. The number of anilines is 2. The zero-order valence-corrected chi connectivity index (χ0v) is 19.5. The van der Waals surface area contributed by atoms with E-state index in [9.17, 15) is 19.2 Å². The molecule has 3 aromatic rings. The van der Waals surface area contributed by atoms with Gasteiger partial charge in [-0.1, -0.05) is 0 Å². The maximum Gasteiger partial charge on any atom is 0.345 e. The number of aromatic amines is 1. The largest absolute Gasteiger partial charge is 0.516 e. The Morgan fingerprint density at radius 1 is 1.12 bits per heavy atom.